The molecule has 1 atom stereocenters. The number of halogens is 2. The zero-order chi connectivity index (χ0) is 22.7. The van der Waals surface area contributed by atoms with Gasteiger partial charge in [-0.05, 0) is 43.2 Å². The molecule has 1 saturated heterocycles. The number of aromatic nitrogens is 2. The molecule has 1 fully saturated rings. The molecule has 3 heterocycles. The number of anilines is 1. The van der Waals surface area contributed by atoms with E-state index in [0.717, 1.165) is 17.7 Å². The predicted molar refractivity (Wildman–Crippen MR) is 121 cm³/mol. The van der Waals surface area contributed by atoms with Gasteiger partial charge in [-0.2, -0.15) is 0 Å². The number of carbonyl (C=O) groups is 1. The van der Waals surface area contributed by atoms with Crippen molar-refractivity contribution >= 4 is 34.7 Å². The molecule has 1 aliphatic rings. The number of carbonyl (C=O) groups excluding carboxylic acids is 1. The van der Waals surface area contributed by atoms with Gasteiger partial charge in [-0.25, -0.2) is 14.2 Å². The number of aliphatic hydroxyl groups is 1. The Kier molecular flexibility index (Phi) is 6.59. The highest BCUT2D eigenvalue weighted by Crippen LogP contribution is 2.37. The lowest BCUT2D eigenvalue weighted by atomic mass is 9.86. The van der Waals surface area contributed by atoms with E-state index in [0.29, 0.717) is 40.9 Å². The minimum atomic E-state index is -0.794. The van der Waals surface area contributed by atoms with Crippen LogP contribution in [0.5, 0.6) is 0 Å². The smallest absolute Gasteiger partial charge is 0.407 e. The van der Waals surface area contributed by atoms with Crippen molar-refractivity contribution in [3.63, 3.8) is 0 Å². The van der Waals surface area contributed by atoms with Crippen molar-refractivity contribution in [1.82, 2.24) is 15.3 Å². The van der Waals surface area contributed by atoms with E-state index in [1.807, 2.05) is 5.38 Å². The molecule has 1 amide bonds. The number of nitrogens with one attached hydrogen (secondary N) is 1. The number of piperidine rings is 1. The van der Waals surface area contributed by atoms with Crippen molar-refractivity contribution in [2.45, 2.75) is 25.0 Å². The summed E-state index contributed by atoms with van der Waals surface area (Å²) < 4.78 is 18.5. The topological polar surface area (TPSA) is 87.6 Å². The van der Waals surface area contributed by atoms with Crippen molar-refractivity contribution < 1.29 is 19.0 Å². The number of amides is 1. The van der Waals surface area contributed by atoms with Gasteiger partial charge in [0.2, 0.25) is 0 Å². The molecule has 0 aliphatic carbocycles. The van der Waals surface area contributed by atoms with Crippen LogP contribution in [0.15, 0.2) is 41.9 Å². The number of pyridine rings is 1. The van der Waals surface area contributed by atoms with Crippen LogP contribution in [0.25, 0.3) is 11.3 Å². The monoisotopic (exact) mass is 476 g/mol. The second-order valence-electron chi connectivity index (χ2n) is 7.57. The van der Waals surface area contributed by atoms with Crippen LogP contribution in [0, 0.1) is 5.82 Å². The number of benzene rings is 1. The first-order valence-electron chi connectivity index (χ1n) is 10.0. The van der Waals surface area contributed by atoms with Crippen molar-refractivity contribution in [1.29, 1.82) is 0 Å². The Morgan fingerprint density at radius 1 is 1.41 bits per heavy atom. The van der Waals surface area contributed by atoms with Crippen LogP contribution >= 0.6 is 22.9 Å². The molecule has 0 saturated carbocycles. The molecule has 32 heavy (non-hydrogen) atoms. The van der Waals surface area contributed by atoms with E-state index in [9.17, 15) is 14.3 Å². The SMILES string of the molecule is COC(=O)NC1(c2csc(Cl)n2)CCCN(c2cnc(-c3ccc(F)cc3)cc2CO)C1. The van der Waals surface area contributed by atoms with Gasteiger partial charge < -0.3 is 20.1 Å². The molecule has 10 heteroatoms. The summed E-state index contributed by atoms with van der Waals surface area (Å²) in [7, 11) is 1.32. The van der Waals surface area contributed by atoms with Crippen LogP contribution in [-0.4, -0.2) is 41.4 Å². The summed E-state index contributed by atoms with van der Waals surface area (Å²) in [5.74, 6) is -0.322. The van der Waals surface area contributed by atoms with Gasteiger partial charge in [0.25, 0.3) is 0 Å². The molecule has 2 N–H and O–H groups in total. The van der Waals surface area contributed by atoms with Crippen molar-refractivity contribution in [2.75, 3.05) is 25.1 Å². The van der Waals surface area contributed by atoms with Crippen molar-refractivity contribution in [3.05, 3.63) is 63.5 Å². The van der Waals surface area contributed by atoms with Crippen LogP contribution in [0.3, 0.4) is 0 Å². The molecule has 3 aromatic rings. The van der Waals surface area contributed by atoms with Gasteiger partial charge in [0.15, 0.2) is 4.47 Å². The van der Waals surface area contributed by atoms with E-state index in [2.05, 4.69) is 20.2 Å². The molecular formula is C22H22ClFN4O3S. The van der Waals surface area contributed by atoms with Gasteiger partial charge in [-0.1, -0.05) is 11.6 Å². The third-order valence-corrected chi connectivity index (χ3v) is 6.58. The Morgan fingerprint density at radius 3 is 2.84 bits per heavy atom. The largest absolute Gasteiger partial charge is 0.453 e. The molecule has 1 aromatic carbocycles. The molecule has 168 valence electrons. The second-order valence-corrected chi connectivity index (χ2v) is 9.01. The maximum Gasteiger partial charge on any atom is 0.407 e. The van der Waals surface area contributed by atoms with E-state index in [1.165, 1.54) is 30.6 Å². The third-order valence-electron chi connectivity index (χ3n) is 5.60. The average Bonchev–Trinajstić information content (AvgIpc) is 3.26. The Labute approximate surface area is 193 Å². The number of rotatable bonds is 5. The van der Waals surface area contributed by atoms with Gasteiger partial charge in [0, 0.05) is 29.6 Å². The number of hydrogen-bond acceptors (Lipinski definition) is 7. The number of aliphatic hydroxyl groups excluding tert-OH is 1. The van der Waals surface area contributed by atoms with E-state index >= 15 is 0 Å². The number of nitrogens with zero attached hydrogens (tertiary/aromatic N) is 3. The summed E-state index contributed by atoms with van der Waals surface area (Å²) in [4.78, 5) is 23.2. The van der Waals surface area contributed by atoms with E-state index in [4.69, 9.17) is 16.3 Å². The van der Waals surface area contributed by atoms with Gasteiger partial charge in [-0.15, -0.1) is 11.3 Å². The molecule has 1 unspecified atom stereocenters. The maximum atomic E-state index is 13.3. The standard InChI is InChI=1S/C22H22ClFN4O3S/c1-31-21(30)27-22(19-12-32-20(23)26-19)7-2-8-28(13-22)18-10-25-17(9-15(18)11-29)14-3-5-16(24)6-4-14/h3-6,9-10,12,29H,2,7-8,11,13H2,1H3,(H,27,30). The first-order valence-corrected chi connectivity index (χ1v) is 11.3. The summed E-state index contributed by atoms with van der Waals surface area (Å²) in [5.41, 5.74) is 2.71. The number of ether oxygens (including phenoxy) is 1. The average molecular weight is 477 g/mol. The highest BCUT2D eigenvalue weighted by atomic mass is 35.5. The molecule has 0 radical (unpaired) electrons. The van der Waals surface area contributed by atoms with Gasteiger partial charge in [-0.3, -0.25) is 4.98 Å². The number of methoxy groups -OCH3 is 1. The molecular weight excluding hydrogens is 455 g/mol. The van der Waals surface area contributed by atoms with E-state index in [1.54, 1.807) is 24.4 Å². The van der Waals surface area contributed by atoms with Crippen LogP contribution in [0.4, 0.5) is 14.9 Å². The van der Waals surface area contributed by atoms with Crippen LogP contribution in [0.2, 0.25) is 4.47 Å². The fraction of sp³-hybridized carbons (Fsp3) is 0.318. The van der Waals surface area contributed by atoms with Gasteiger partial charge in [0.1, 0.15) is 11.4 Å². The third kappa shape index (κ3) is 4.55. The quantitative estimate of drug-likeness (QED) is 0.569. The van der Waals surface area contributed by atoms with Crippen LogP contribution in [0.1, 0.15) is 24.1 Å². The minimum Gasteiger partial charge on any atom is -0.453 e. The fourth-order valence-electron chi connectivity index (χ4n) is 4.03. The summed E-state index contributed by atoms with van der Waals surface area (Å²) in [6.07, 6.45) is 2.58. The minimum absolute atomic E-state index is 0.192. The summed E-state index contributed by atoms with van der Waals surface area (Å²) in [6.45, 7) is 0.933. The highest BCUT2D eigenvalue weighted by molar-refractivity contribution is 7.14. The number of thiazole rings is 1. The molecule has 0 spiro atoms. The normalized spacial score (nSPS) is 18.4. The lowest BCUT2D eigenvalue weighted by Gasteiger charge is -2.43. The fourth-order valence-corrected chi connectivity index (χ4v) is 4.90. The zero-order valence-electron chi connectivity index (χ0n) is 17.3. The Balaban J connectivity index is 1.68. The number of alkyl carbamates (subject to hydrolysis) is 1. The Bertz CT molecular complexity index is 1110. The molecule has 4 rings (SSSR count). The lowest BCUT2D eigenvalue weighted by Crippen LogP contribution is -2.57. The van der Waals surface area contributed by atoms with Gasteiger partial charge >= 0.3 is 6.09 Å². The predicted octanol–water partition coefficient (Wildman–Crippen LogP) is 4.34. The molecule has 0 bridgehead atoms. The van der Waals surface area contributed by atoms with Crippen molar-refractivity contribution in [2.24, 2.45) is 0 Å². The highest BCUT2D eigenvalue weighted by Gasteiger charge is 2.41. The number of hydrogen-bond donors (Lipinski definition) is 2. The van der Waals surface area contributed by atoms with Gasteiger partial charge in [0.05, 0.1) is 37.0 Å². The summed E-state index contributed by atoms with van der Waals surface area (Å²) in [5, 5.41) is 14.9. The van der Waals surface area contributed by atoms with Crippen molar-refractivity contribution in [3.8, 4) is 11.3 Å². The molecule has 7 nitrogen and oxygen atoms in total. The molecule has 1 aliphatic heterocycles. The van der Waals surface area contributed by atoms with E-state index in [-0.39, 0.29) is 12.4 Å². The summed E-state index contributed by atoms with van der Waals surface area (Å²) in [6, 6.07) is 7.85. The Hall–Kier alpha value is -2.75. The van der Waals surface area contributed by atoms with Crippen LogP contribution in [-0.2, 0) is 16.9 Å². The second kappa shape index (κ2) is 9.40. The lowest BCUT2D eigenvalue weighted by molar-refractivity contribution is 0.148. The Morgan fingerprint density at radius 2 is 2.19 bits per heavy atom. The zero-order valence-corrected chi connectivity index (χ0v) is 18.9. The van der Waals surface area contributed by atoms with E-state index < -0.39 is 11.6 Å². The first kappa shape index (κ1) is 22.4. The first-order chi connectivity index (χ1) is 15.4. The summed E-state index contributed by atoms with van der Waals surface area (Å²) >= 11 is 7.38. The maximum absolute atomic E-state index is 13.3. The van der Waals surface area contributed by atoms with Crippen LogP contribution < -0.4 is 10.2 Å². The molecule has 2 aromatic heterocycles.